The lowest BCUT2D eigenvalue weighted by molar-refractivity contribution is -0.385. The molecule has 0 heterocycles. The Morgan fingerprint density at radius 3 is 2.34 bits per heavy atom. The predicted octanol–water partition coefficient (Wildman–Crippen LogP) is 3.57. The van der Waals surface area contributed by atoms with Crippen molar-refractivity contribution in [2.24, 2.45) is 4.99 Å². The number of hydrogen-bond acceptors (Lipinski definition) is 5. The van der Waals surface area contributed by atoms with Gasteiger partial charge in [-0.2, -0.15) is 0 Å². The highest BCUT2D eigenvalue weighted by Crippen LogP contribution is 2.18. The first-order chi connectivity index (χ1) is 12.9. The molecule has 1 amide bonds. The van der Waals surface area contributed by atoms with Crippen LogP contribution in [0.25, 0.3) is 0 Å². The van der Waals surface area contributed by atoms with E-state index >= 15 is 0 Å². The molecule has 0 aliphatic carbocycles. The molecule has 1 rings (SSSR count). The second-order valence-corrected chi connectivity index (χ2v) is 7.95. The van der Waals surface area contributed by atoms with Crippen molar-refractivity contribution in [2.75, 3.05) is 13.1 Å². The summed E-state index contributed by atoms with van der Waals surface area (Å²) in [6.45, 7) is 12.2. The molecule has 0 aliphatic rings. The number of amides is 1. The van der Waals surface area contributed by atoms with Gasteiger partial charge in [0.25, 0.3) is 5.69 Å². The van der Waals surface area contributed by atoms with E-state index in [1.165, 1.54) is 6.07 Å². The molecule has 1 aromatic rings. The number of hydrogen-bond donors (Lipinski definition) is 3. The summed E-state index contributed by atoms with van der Waals surface area (Å²) in [4.78, 5) is 27.1. The Kier molecular flexibility index (Phi) is 10.9. The van der Waals surface area contributed by atoms with E-state index in [1.54, 1.807) is 39.0 Å². The molecule has 0 radical (unpaired) electrons. The zero-order valence-electron chi connectivity index (χ0n) is 17.9. The molecule has 0 saturated carbocycles. The number of nitrogens with zero attached hydrogens (tertiary/aromatic N) is 2. The minimum Gasteiger partial charge on any atom is -0.444 e. The van der Waals surface area contributed by atoms with Crippen LogP contribution in [0.3, 0.4) is 0 Å². The first-order valence-electron chi connectivity index (χ1n) is 9.19. The minimum atomic E-state index is -0.600. The van der Waals surface area contributed by atoms with Crippen LogP contribution >= 0.6 is 24.0 Å². The van der Waals surface area contributed by atoms with E-state index in [1.807, 2.05) is 20.8 Å². The van der Waals surface area contributed by atoms with Crippen molar-refractivity contribution in [3.05, 3.63) is 39.9 Å². The minimum absolute atomic E-state index is 0. The zero-order chi connectivity index (χ0) is 21.4. The van der Waals surface area contributed by atoms with Gasteiger partial charge in [-0.1, -0.05) is 18.2 Å². The van der Waals surface area contributed by atoms with Crippen molar-refractivity contribution in [1.29, 1.82) is 0 Å². The molecule has 0 aliphatic heterocycles. The van der Waals surface area contributed by atoms with Gasteiger partial charge in [0.05, 0.1) is 22.6 Å². The highest BCUT2D eigenvalue weighted by molar-refractivity contribution is 14.0. The number of guanidine groups is 1. The highest BCUT2D eigenvalue weighted by atomic mass is 127. The van der Waals surface area contributed by atoms with Gasteiger partial charge in [-0.3, -0.25) is 10.1 Å². The van der Waals surface area contributed by atoms with Gasteiger partial charge in [-0.15, -0.1) is 24.0 Å². The molecule has 9 nitrogen and oxygen atoms in total. The van der Waals surface area contributed by atoms with E-state index in [2.05, 4.69) is 20.9 Å². The third-order valence-corrected chi connectivity index (χ3v) is 3.48. The number of ether oxygens (including phenoxy) is 1. The van der Waals surface area contributed by atoms with E-state index in [4.69, 9.17) is 4.74 Å². The Labute approximate surface area is 189 Å². The van der Waals surface area contributed by atoms with E-state index in [-0.39, 0.29) is 36.2 Å². The third kappa shape index (κ3) is 10.9. The lowest BCUT2D eigenvalue weighted by Crippen LogP contribution is -2.54. The van der Waals surface area contributed by atoms with Crippen LogP contribution in [-0.4, -0.2) is 41.2 Å². The Morgan fingerprint density at radius 2 is 1.79 bits per heavy atom. The molecule has 0 atom stereocenters. The number of nitrogens with one attached hydrogen (secondary N) is 3. The van der Waals surface area contributed by atoms with Crippen molar-refractivity contribution >= 4 is 41.7 Å². The van der Waals surface area contributed by atoms with Crippen LogP contribution < -0.4 is 16.0 Å². The smallest absolute Gasteiger partial charge is 0.408 e. The topological polar surface area (TPSA) is 118 Å². The summed E-state index contributed by atoms with van der Waals surface area (Å²) in [6.07, 6.45) is -0.499. The molecule has 0 spiro atoms. The van der Waals surface area contributed by atoms with Crippen LogP contribution in [0.15, 0.2) is 29.3 Å². The summed E-state index contributed by atoms with van der Waals surface area (Å²) in [6, 6.07) is 6.50. The zero-order valence-corrected chi connectivity index (χ0v) is 20.2. The SMILES string of the molecule is CCNC(=NCc1ccccc1[N+](=O)[O-])NCC(C)(C)NC(=O)OC(C)(C)C.I. The summed E-state index contributed by atoms with van der Waals surface area (Å²) < 4.78 is 5.28. The summed E-state index contributed by atoms with van der Waals surface area (Å²) in [5.74, 6) is 0.500. The molecule has 0 aromatic heterocycles. The number of benzene rings is 1. The van der Waals surface area contributed by atoms with Gasteiger partial charge in [-0.25, -0.2) is 9.79 Å². The molecule has 3 N–H and O–H groups in total. The largest absolute Gasteiger partial charge is 0.444 e. The average Bonchev–Trinajstić information content (AvgIpc) is 2.55. The highest BCUT2D eigenvalue weighted by Gasteiger charge is 2.24. The van der Waals surface area contributed by atoms with Gasteiger partial charge in [0.15, 0.2) is 5.96 Å². The molecule has 1 aromatic carbocycles. The maximum atomic E-state index is 12.0. The number of halogens is 1. The number of carbonyl (C=O) groups is 1. The third-order valence-electron chi connectivity index (χ3n) is 3.48. The number of para-hydroxylation sites is 1. The monoisotopic (exact) mass is 521 g/mol. The first-order valence-corrected chi connectivity index (χ1v) is 9.19. The Bertz CT molecular complexity index is 717. The fourth-order valence-corrected chi connectivity index (χ4v) is 2.26. The fourth-order valence-electron chi connectivity index (χ4n) is 2.26. The molecule has 29 heavy (non-hydrogen) atoms. The van der Waals surface area contributed by atoms with Crippen molar-refractivity contribution < 1.29 is 14.5 Å². The summed E-state index contributed by atoms with van der Waals surface area (Å²) >= 11 is 0. The van der Waals surface area contributed by atoms with Gasteiger partial charge in [0.1, 0.15) is 5.60 Å². The molecule has 0 unspecified atom stereocenters. The van der Waals surface area contributed by atoms with Gasteiger partial charge in [0.2, 0.25) is 0 Å². The average molecular weight is 521 g/mol. The van der Waals surface area contributed by atoms with Crippen molar-refractivity contribution in [2.45, 2.75) is 59.2 Å². The lowest BCUT2D eigenvalue weighted by Gasteiger charge is -2.29. The van der Waals surface area contributed by atoms with Crippen molar-refractivity contribution in [1.82, 2.24) is 16.0 Å². The number of aliphatic imine (C=N–C) groups is 1. The van der Waals surface area contributed by atoms with Gasteiger partial charge in [-0.05, 0) is 41.5 Å². The van der Waals surface area contributed by atoms with Crippen LogP contribution in [0.4, 0.5) is 10.5 Å². The van der Waals surface area contributed by atoms with E-state index < -0.39 is 22.2 Å². The summed E-state index contributed by atoms with van der Waals surface area (Å²) in [5.41, 5.74) is -0.615. The molecule has 10 heteroatoms. The fraction of sp³-hybridized carbons (Fsp3) is 0.579. The molecular weight excluding hydrogens is 489 g/mol. The van der Waals surface area contributed by atoms with Crippen LogP contribution in [0, 0.1) is 10.1 Å². The number of rotatable bonds is 7. The van der Waals surface area contributed by atoms with Gasteiger partial charge < -0.3 is 20.7 Å². The Morgan fingerprint density at radius 1 is 1.17 bits per heavy atom. The van der Waals surface area contributed by atoms with E-state index in [0.29, 0.717) is 24.6 Å². The van der Waals surface area contributed by atoms with Crippen LogP contribution in [0.2, 0.25) is 0 Å². The van der Waals surface area contributed by atoms with Crippen LogP contribution in [0.5, 0.6) is 0 Å². The quantitative estimate of drug-likeness (QED) is 0.166. The maximum absolute atomic E-state index is 12.0. The second-order valence-electron chi connectivity index (χ2n) is 7.95. The number of alkyl carbamates (subject to hydrolysis) is 1. The Balaban J connectivity index is 0.00000784. The van der Waals surface area contributed by atoms with Gasteiger partial charge >= 0.3 is 6.09 Å². The molecule has 0 saturated heterocycles. The Hall–Kier alpha value is -2.11. The first kappa shape index (κ1) is 26.9. The van der Waals surface area contributed by atoms with Crippen LogP contribution in [-0.2, 0) is 11.3 Å². The van der Waals surface area contributed by atoms with Crippen molar-refractivity contribution in [3.63, 3.8) is 0 Å². The summed E-state index contributed by atoms with van der Waals surface area (Å²) in [5, 5.41) is 20.2. The van der Waals surface area contributed by atoms with Gasteiger partial charge in [0, 0.05) is 19.2 Å². The standard InChI is InChI=1S/C19H31N5O4.HI/c1-7-20-16(21-12-14-10-8-9-11-15(14)24(26)27)22-13-19(5,6)23-17(25)28-18(2,3)4;/h8-11H,7,12-13H2,1-6H3,(H,23,25)(H2,20,21,22);1H. The molecule has 164 valence electrons. The van der Waals surface area contributed by atoms with Crippen molar-refractivity contribution in [3.8, 4) is 0 Å². The maximum Gasteiger partial charge on any atom is 0.408 e. The number of nitro groups is 1. The number of carbonyl (C=O) groups excluding carboxylic acids is 1. The normalized spacial score (nSPS) is 11.9. The van der Waals surface area contributed by atoms with E-state index in [9.17, 15) is 14.9 Å². The van der Waals surface area contributed by atoms with E-state index in [0.717, 1.165) is 0 Å². The molecule has 0 bridgehead atoms. The predicted molar refractivity (Wildman–Crippen MR) is 125 cm³/mol. The van der Waals surface area contributed by atoms with Crippen LogP contribution in [0.1, 0.15) is 47.1 Å². The molecule has 0 fully saturated rings. The second kappa shape index (κ2) is 11.8. The lowest BCUT2D eigenvalue weighted by atomic mass is 10.1. The number of nitro benzene ring substituents is 1. The summed E-state index contributed by atoms with van der Waals surface area (Å²) in [7, 11) is 0. The molecular formula is C19H32IN5O4.